The van der Waals surface area contributed by atoms with Gasteiger partial charge in [0.2, 0.25) is 5.91 Å². The van der Waals surface area contributed by atoms with Gasteiger partial charge in [-0.05, 0) is 0 Å². The molecule has 0 bridgehead atoms. The number of urea groups is 1. The molecule has 1 saturated heterocycles. The van der Waals surface area contributed by atoms with Crippen molar-refractivity contribution >= 4 is 17.9 Å². The molecular weight excluding hydrogens is 282 g/mol. The Morgan fingerprint density at radius 1 is 1.43 bits per heavy atom. The van der Waals surface area contributed by atoms with Gasteiger partial charge in [-0.3, -0.25) is 4.79 Å². The van der Waals surface area contributed by atoms with Gasteiger partial charge < -0.3 is 30.1 Å². The molecule has 1 aliphatic heterocycles. The van der Waals surface area contributed by atoms with Crippen LogP contribution in [-0.4, -0.2) is 90.5 Å². The maximum absolute atomic E-state index is 12.1. The molecule has 21 heavy (non-hydrogen) atoms. The van der Waals surface area contributed by atoms with Crippen molar-refractivity contribution in [3.8, 4) is 0 Å². The summed E-state index contributed by atoms with van der Waals surface area (Å²) >= 11 is 0. The predicted molar refractivity (Wildman–Crippen MR) is 71.7 cm³/mol. The molecule has 120 valence electrons. The summed E-state index contributed by atoms with van der Waals surface area (Å²) in [5.41, 5.74) is 0. The topological polar surface area (TPSA) is 119 Å². The largest absolute Gasteiger partial charge is 0.480 e. The molecule has 9 heteroatoms. The van der Waals surface area contributed by atoms with E-state index in [2.05, 4.69) is 5.32 Å². The number of carboxylic acid groups (broad SMARTS) is 1. The van der Waals surface area contributed by atoms with Crippen molar-refractivity contribution in [3.05, 3.63) is 0 Å². The van der Waals surface area contributed by atoms with Crippen LogP contribution in [0.1, 0.15) is 6.42 Å². The standard InChI is InChI=1S/C12H21N3O6/c1-14(7-10(17)13-3-4-21-2)12(20)15-6-8(16)5-9(15)11(18)19/h8-9,16H,3-7H2,1-2H3,(H,13,17)(H,18,19). The fourth-order valence-corrected chi connectivity index (χ4v) is 2.11. The molecule has 0 spiro atoms. The smallest absolute Gasteiger partial charge is 0.326 e. The summed E-state index contributed by atoms with van der Waals surface area (Å²) < 4.78 is 4.78. The number of nitrogens with zero attached hydrogens (tertiary/aromatic N) is 2. The van der Waals surface area contributed by atoms with Crippen LogP contribution in [0.2, 0.25) is 0 Å². The van der Waals surface area contributed by atoms with Gasteiger partial charge in [-0.1, -0.05) is 0 Å². The SMILES string of the molecule is COCCNC(=O)CN(C)C(=O)N1CC(O)CC1C(=O)O. The lowest BCUT2D eigenvalue weighted by Gasteiger charge is -2.27. The van der Waals surface area contributed by atoms with Crippen LogP contribution in [0.4, 0.5) is 4.79 Å². The Bertz CT molecular complexity index is 402. The number of aliphatic carboxylic acids is 1. The first-order valence-corrected chi connectivity index (χ1v) is 6.55. The molecule has 0 aromatic rings. The average molecular weight is 303 g/mol. The third kappa shape index (κ3) is 4.87. The predicted octanol–water partition coefficient (Wildman–Crippen LogP) is -1.68. The van der Waals surface area contributed by atoms with Gasteiger partial charge in [0.25, 0.3) is 0 Å². The van der Waals surface area contributed by atoms with Crippen LogP contribution in [-0.2, 0) is 14.3 Å². The summed E-state index contributed by atoms with van der Waals surface area (Å²) in [6.45, 7) is 0.452. The molecule has 1 aliphatic rings. The number of aliphatic hydroxyl groups is 1. The Hall–Kier alpha value is -1.87. The van der Waals surface area contributed by atoms with Gasteiger partial charge in [-0.2, -0.15) is 0 Å². The van der Waals surface area contributed by atoms with Crippen LogP contribution in [0, 0.1) is 0 Å². The summed E-state index contributed by atoms with van der Waals surface area (Å²) in [7, 11) is 2.91. The zero-order valence-electron chi connectivity index (χ0n) is 12.1. The van der Waals surface area contributed by atoms with Crippen molar-refractivity contribution in [3.63, 3.8) is 0 Å². The number of carboxylic acids is 1. The van der Waals surface area contributed by atoms with Gasteiger partial charge in [0.1, 0.15) is 12.6 Å². The molecule has 1 heterocycles. The van der Waals surface area contributed by atoms with Gasteiger partial charge in [0.15, 0.2) is 0 Å². The van der Waals surface area contributed by atoms with Crippen molar-refractivity contribution in [2.75, 3.05) is 40.4 Å². The highest BCUT2D eigenvalue weighted by Crippen LogP contribution is 2.19. The van der Waals surface area contributed by atoms with Gasteiger partial charge in [-0.25, -0.2) is 9.59 Å². The summed E-state index contributed by atoms with van der Waals surface area (Å²) in [6.07, 6.45) is -0.867. The molecule has 3 N–H and O–H groups in total. The van der Waals surface area contributed by atoms with E-state index in [4.69, 9.17) is 9.84 Å². The Kier molecular flexibility index (Phi) is 6.38. The number of nitrogens with one attached hydrogen (secondary N) is 1. The molecule has 2 unspecified atom stereocenters. The van der Waals surface area contributed by atoms with E-state index in [0.717, 1.165) is 9.80 Å². The lowest BCUT2D eigenvalue weighted by Crippen LogP contribution is -2.49. The van der Waals surface area contributed by atoms with Crippen LogP contribution in [0.15, 0.2) is 0 Å². The summed E-state index contributed by atoms with van der Waals surface area (Å²) in [5, 5.41) is 21.1. The molecule has 9 nitrogen and oxygen atoms in total. The highest BCUT2D eigenvalue weighted by atomic mass is 16.5. The molecule has 0 aliphatic carbocycles. The highest BCUT2D eigenvalue weighted by molar-refractivity contribution is 5.87. The Labute approximate surface area is 122 Å². The molecule has 0 aromatic heterocycles. The highest BCUT2D eigenvalue weighted by Gasteiger charge is 2.40. The number of ether oxygens (including phenoxy) is 1. The second-order valence-corrected chi connectivity index (χ2v) is 4.88. The van der Waals surface area contributed by atoms with E-state index in [1.165, 1.54) is 14.2 Å². The number of amides is 3. The first-order valence-electron chi connectivity index (χ1n) is 6.55. The second-order valence-electron chi connectivity index (χ2n) is 4.88. The number of hydrogen-bond acceptors (Lipinski definition) is 5. The van der Waals surface area contributed by atoms with E-state index in [1.807, 2.05) is 0 Å². The number of carbonyl (C=O) groups excluding carboxylic acids is 2. The summed E-state index contributed by atoms with van der Waals surface area (Å²) in [4.78, 5) is 37.0. The molecule has 1 fully saturated rings. The van der Waals surface area contributed by atoms with E-state index < -0.39 is 24.1 Å². The van der Waals surface area contributed by atoms with Crippen molar-refractivity contribution in [2.45, 2.75) is 18.6 Å². The zero-order valence-corrected chi connectivity index (χ0v) is 12.1. The van der Waals surface area contributed by atoms with Crippen molar-refractivity contribution < 1.29 is 29.3 Å². The van der Waals surface area contributed by atoms with E-state index in [0.29, 0.717) is 13.2 Å². The number of rotatable bonds is 6. The maximum atomic E-state index is 12.1. The van der Waals surface area contributed by atoms with Crippen LogP contribution in [0.3, 0.4) is 0 Å². The Morgan fingerprint density at radius 2 is 2.10 bits per heavy atom. The molecule has 0 radical (unpaired) electrons. The average Bonchev–Trinajstić information content (AvgIpc) is 2.80. The van der Waals surface area contributed by atoms with Gasteiger partial charge in [-0.15, -0.1) is 0 Å². The maximum Gasteiger partial charge on any atom is 0.326 e. The summed E-state index contributed by atoms with van der Waals surface area (Å²) in [5.74, 6) is -1.53. The van der Waals surface area contributed by atoms with E-state index >= 15 is 0 Å². The number of likely N-dealkylation sites (tertiary alicyclic amines) is 1. The fourth-order valence-electron chi connectivity index (χ4n) is 2.11. The monoisotopic (exact) mass is 303 g/mol. The van der Waals surface area contributed by atoms with Gasteiger partial charge in [0.05, 0.1) is 12.7 Å². The lowest BCUT2D eigenvalue weighted by molar-refractivity contribution is -0.141. The first-order chi connectivity index (χ1) is 9.86. The molecule has 1 rings (SSSR count). The number of aliphatic hydroxyl groups excluding tert-OH is 1. The molecule has 3 amide bonds. The summed E-state index contributed by atoms with van der Waals surface area (Å²) in [6, 6.07) is -1.66. The molecule has 0 saturated carbocycles. The van der Waals surface area contributed by atoms with Crippen LogP contribution in [0.25, 0.3) is 0 Å². The normalized spacial score (nSPS) is 21.2. The van der Waals surface area contributed by atoms with Crippen LogP contribution < -0.4 is 5.32 Å². The first kappa shape index (κ1) is 17.2. The van der Waals surface area contributed by atoms with Crippen molar-refractivity contribution in [1.82, 2.24) is 15.1 Å². The lowest BCUT2D eigenvalue weighted by atomic mass is 10.2. The Morgan fingerprint density at radius 3 is 2.67 bits per heavy atom. The minimum atomic E-state index is -1.17. The van der Waals surface area contributed by atoms with E-state index in [1.54, 1.807) is 0 Å². The minimum absolute atomic E-state index is 0.00501. The number of β-amino-alcohol motifs (C(OH)–C–C–N with tert-alkyl or cyclic N) is 1. The number of carbonyl (C=O) groups is 3. The van der Waals surface area contributed by atoms with Crippen molar-refractivity contribution in [2.24, 2.45) is 0 Å². The number of likely N-dealkylation sites (N-methyl/N-ethyl adjacent to an activating group) is 1. The van der Waals surface area contributed by atoms with Gasteiger partial charge >= 0.3 is 12.0 Å². The third-order valence-electron chi connectivity index (χ3n) is 3.15. The Balaban J connectivity index is 2.53. The van der Waals surface area contributed by atoms with E-state index in [-0.39, 0.29) is 25.4 Å². The van der Waals surface area contributed by atoms with Crippen LogP contribution in [0.5, 0.6) is 0 Å². The number of hydrogen-bond donors (Lipinski definition) is 3. The van der Waals surface area contributed by atoms with Gasteiger partial charge in [0, 0.05) is 33.7 Å². The van der Waals surface area contributed by atoms with E-state index in [9.17, 15) is 19.5 Å². The molecule has 0 aromatic carbocycles. The molecule has 2 atom stereocenters. The quantitative estimate of drug-likeness (QED) is 0.504. The molecular formula is C12H21N3O6. The minimum Gasteiger partial charge on any atom is -0.480 e. The van der Waals surface area contributed by atoms with Crippen molar-refractivity contribution in [1.29, 1.82) is 0 Å². The zero-order chi connectivity index (χ0) is 16.0. The van der Waals surface area contributed by atoms with Crippen LogP contribution >= 0.6 is 0 Å². The fraction of sp³-hybridized carbons (Fsp3) is 0.750. The number of methoxy groups -OCH3 is 1. The second kappa shape index (κ2) is 7.79. The third-order valence-corrected chi connectivity index (χ3v) is 3.15.